The van der Waals surface area contributed by atoms with E-state index in [2.05, 4.69) is 4.72 Å². The molecule has 0 saturated heterocycles. The maximum Gasteiger partial charge on any atom is 0.241 e. The Labute approximate surface area is 119 Å². The normalized spacial score (nSPS) is 22.1. The van der Waals surface area contributed by atoms with Crippen molar-refractivity contribution in [1.82, 2.24) is 4.72 Å². The van der Waals surface area contributed by atoms with Crippen molar-refractivity contribution < 1.29 is 13.2 Å². The molecule has 1 fully saturated rings. The van der Waals surface area contributed by atoms with Crippen molar-refractivity contribution in [2.45, 2.75) is 43.7 Å². The Morgan fingerprint density at radius 3 is 2.75 bits per heavy atom. The standard InChI is InChI=1S/C14H18N2O3S/c1-3-19-13-7-12(8-13)16-20(17,18)14-6-11(9-15)5-4-10(14)2/h4-6,12-13,16H,3,7-8H2,1-2H3. The molecular weight excluding hydrogens is 276 g/mol. The SMILES string of the molecule is CCOC1CC(NS(=O)(=O)c2cc(C#N)ccc2C)C1. The van der Waals surface area contributed by atoms with Crippen molar-refractivity contribution in [2.24, 2.45) is 0 Å². The van der Waals surface area contributed by atoms with Crippen LogP contribution < -0.4 is 4.72 Å². The summed E-state index contributed by atoms with van der Waals surface area (Å²) in [7, 11) is -3.58. The van der Waals surface area contributed by atoms with Crippen molar-refractivity contribution >= 4 is 10.0 Å². The molecule has 1 aromatic carbocycles. The zero-order valence-electron chi connectivity index (χ0n) is 11.6. The Morgan fingerprint density at radius 1 is 1.45 bits per heavy atom. The Balaban J connectivity index is 2.10. The molecule has 1 saturated carbocycles. The van der Waals surface area contributed by atoms with E-state index < -0.39 is 10.0 Å². The van der Waals surface area contributed by atoms with Gasteiger partial charge in [-0.25, -0.2) is 13.1 Å². The van der Waals surface area contributed by atoms with E-state index in [0.29, 0.717) is 30.6 Å². The van der Waals surface area contributed by atoms with E-state index >= 15 is 0 Å². The molecule has 0 aliphatic heterocycles. The van der Waals surface area contributed by atoms with Gasteiger partial charge in [-0.15, -0.1) is 0 Å². The summed E-state index contributed by atoms with van der Waals surface area (Å²) in [6, 6.07) is 6.55. The molecule has 108 valence electrons. The quantitative estimate of drug-likeness (QED) is 0.896. The summed E-state index contributed by atoms with van der Waals surface area (Å²) in [6.07, 6.45) is 1.55. The van der Waals surface area contributed by atoms with Crippen molar-refractivity contribution in [3.05, 3.63) is 29.3 Å². The predicted molar refractivity (Wildman–Crippen MR) is 74.7 cm³/mol. The second-order valence-corrected chi connectivity index (χ2v) is 6.64. The number of hydrogen-bond donors (Lipinski definition) is 1. The van der Waals surface area contributed by atoms with Crippen molar-refractivity contribution in [3.63, 3.8) is 0 Å². The summed E-state index contributed by atoms with van der Waals surface area (Å²) in [6.45, 7) is 4.29. The molecular formula is C14H18N2O3S. The maximum atomic E-state index is 12.3. The smallest absolute Gasteiger partial charge is 0.241 e. The predicted octanol–water partition coefficient (Wildman–Crippen LogP) is 1.71. The van der Waals surface area contributed by atoms with Gasteiger partial charge in [0.25, 0.3) is 0 Å². The van der Waals surface area contributed by atoms with Crippen LogP contribution in [0.2, 0.25) is 0 Å². The van der Waals surface area contributed by atoms with Crippen LogP contribution in [0.15, 0.2) is 23.1 Å². The molecule has 1 aliphatic carbocycles. The van der Waals surface area contributed by atoms with Gasteiger partial charge in [-0.1, -0.05) is 6.07 Å². The lowest BCUT2D eigenvalue weighted by atomic mass is 9.90. The Hall–Kier alpha value is -1.42. The van der Waals surface area contributed by atoms with Gasteiger partial charge in [0.05, 0.1) is 22.6 Å². The van der Waals surface area contributed by atoms with Crippen LogP contribution in [0.5, 0.6) is 0 Å². The van der Waals surface area contributed by atoms with E-state index in [4.69, 9.17) is 10.00 Å². The van der Waals surface area contributed by atoms with Gasteiger partial charge in [-0.2, -0.15) is 5.26 Å². The summed E-state index contributed by atoms with van der Waals surface area (Å²) in [5, 5.41) is 8.87. The van der Waals surface area contributed by atoms with Gasteiger partial charge < -0.3 is 4.74 Å². The van der Waals surface area contributed by atoms with Crippen LogP contribution in [-0.4, -0.2) is 27.2 Å². The minimum absolute atomic E-state index is 0.0818. The van der Waals surface area contributed by atoms with Gasteiger partial charge in [0.2, 0.25) is 10.0 Å². The lowest BCUT2D eigenvalue weighted by Crippen LogP contribution is -2.47. The Kier molecular flexibility index (Phi) is 4.43. The number of benzene rings is 1. The molecule has 0 atom stereocenters. The van der Waals surface area contributed by atoms with Crippen LogP contribution in [0.4, 0.5) is 0 Å². The van der Waals surface area contributed by atoms with Crippen molar-refractivity contribution in [2.75, 3.05) is 6.61 Å². The zero-order chi connectivity index (χ0) is 14.8. The van der Waals surface area contributed by atoms with E-state index in [0.717, 1.165) is 0 Å². The molecule has 20 heavy (non-hydrogen) atoms. The molecule has 0 amide bonds. The largest absolute Gasteiger partial charge is 0.378 e. The minimum Gasteiger partial charge on any atom is -0.378 e. The van der Waals surface area contributed by atoms with Gasteiger partial charge in [0.1, 0.15) is 0 Å². The van der Waals surface area contributed by atoms with Crippen LogP contribution in [0, 0.1) is 18.3 Å². The number of hydrogen-bond acceptors (Lipinski definition) is 4. The third kappa shape index (κ3) is 3.18. The molecule has 2 rings (SSSR count). The van der Waals surface area contributed by atoms with E-state index in [1.807, 2.05) is 13.0 Å². The molecule has 0 bridgehead atoms. The van der Waals surface area contributed by atoms with Gasteiger partial charge in [-0.3, -0.25) is 0 Å². The molecule has 5 nitrogen and oxygen atoms in total. The number of nitrogens with zero attached hydrogens (tertiary/aromatic N) is 1. The van der Waals surface area contributed by atoms with Crippen LogP contribution in [0.1, 0.15) is 30.9 Å². The van der Waals surface area contributed by atoms with Crippen molar-refractivity contribution in [1.29, 1.82) is 5.26 Å². The fourth-order valence-electron chi connectivity index (χ4n) is 2.28. The molecule has 0 unspecified atom stereocenters. The topological polar surface area (TPSA) is 79.2 Å². The second-order valence-electron chi connectivity index (χ2n) is 4.96. The molecule has 0 heterocycles. The van der Waals surface area contributed by atoms with Crippen LogP contribution in [0.25, 0.3) is 0 Å². The van der Waals surface area contributed by atoms with E-state index in [-0.39, 0.29) is 17.0 Å². The Morgan fingerprint density at radius 2 is 2.15 bits per heavy atom. The molecule has 0 spiro atoms. The number of sulfonamides is 1. The number of aryl methyl sites for hydroxylation is 1. The Bertz CT molecular complexity index is 628. The average Bonchev–Trinajstić information content (AvgIpc) is 2.36. The summed E-state index contributed by atoms with van der Waals surface area (Å²) in [5.41, 5.74) is 0.981. The first kappa shape index (κ1) is 15.0. The van der Waals surface area contributed by atoms with E-state index in [1.165, 1.54) is 6.07 Å². The lowest BCUT2D eigenvalue weighted by molar-refractivity contribution is -0.00475. The van der Waals surface area contributed by atoms with Crippen LogP contribution >= 0.6 is 0 Å². The maximum absolute atomic E-state index is 12.3. The molecule has 1 aliphatic rings. The third-order valence-electron chi connectivity index (χ3n) is 3.43. The zero-order valence-corrected chi connectivity index (χ0v) is 12.4. The summed E-state index contributed by atoms with van der Waals surface area (Å²) in [5.74, 6) is 0. The van der Waals surface area contributed by atoms with Gasteiger partial charge in [0.15, 0.2) is 0 Å². The van der Waals surface area contributed by atoms with Gasteiger partial charge in [-0.05, 0) is 44.4 Å². The molecule has 0 radical (unpaired) electrons. The fraction of sp³-hybridized carbons (Fsp3) is 0.500. The summed E-state index contributed by atoms with van der Waals surface area (Å²) >= 11 is 0. The van der Waals surface area contributed by atoms with E-state index in [9.17, 15) is 8.42 Å². The monoisotopic (exact) mass is 294 g/mol. The average molecular weight is 294 g/mol. The fourth-order valence-corrected chi connectivity index (χ4v) is 3.81. The van der Waals surface area contributed by atoms with Crippen LogP contribution in [-0.2, 0) is 14.8 Å². The number of rotatable bonds is 5. The number of ether oxygens (including phenoxy) is 1. The van der Waals surface area contributed by atoms with Crippen molar-refractivity contribution in [3.8, 4) is 6.07 Å². The summed E-state index contributed by atoms with van der Waals surface area (Å²) < 4.78 is 32.7. The highest BCUT2D eigenvalue weighted by molar-refractivity contribution is 7.89. The minimum atomic E-state index is -3.58. The highest BCUT2D eigenvalue weighted by atomic mass is 32.2. The molecule has 1 N–H and O–H groups in total. The first-order valence-electron chi connectivity index (χ1n) is 6.61. The van der Waals surface area contributed by atoms with Gasteiger partial charge in [0, 0.05) is 12.6 Å². The third-order valence-corrected chi connectivity index (χ3v) is 5.09. The van der Waals surface area contributed by atoms with E-state index in [1.54, 1.807) is 19.1 Å². The van der Waals surface area contributed by atoms with Gasteiger partial charge >= 0.3 is 0 Å². The molecule has 6 heteroatoms. The number of nitriles is 1. The second kappa shape index (κ2) is 5.92. The highest BCUT2D eigenvalue weighted by Crippen LogP contribution is 2.26. The lowest BCUT2D eigenvalue weighted by Gasteiger charge is -2.35. The van der Waals surface area contributed by atoms with Crippen LogP contribution in [0.3, 0.4) is 0 Å². The molecule has 0 aromatic heterocycles. The first-order chi connectivity index (χ1) is 9.46. The highest BCUT2D eigenvalue weighted by Gasteiger charge is 2.33. The summed E-state index contributed by atoms with van der Waals surface area (Å²) in [4.78, 5) is 0.177. The number of nitrogens with one attached hydrogen (secondary N) is 1. The molecule has 1 aromatic rings. The first-order valence-corrected chi connectivity index (χ1v) is 8.09.